The van der Waals surface area contributed by atoms with Crippen LogP contribution in [0.2, 0.25) is 0 Å². The van der Waals surface area contributed by atoms with Crippen molar-refractivity contribution in [3.05, 3.63) is 23.3 Å². The summed E-state index contributed by atoms with van der Waals surface area (Å²) in [6.45, 7) is 4.72. The van der Waals surface area contributed by atoms with Crippen LogP contribution in [0.4, 0.5) is 0 Å². The summed E-state index contributed by atoms with van der Waals surface area (Å²) >= 11 is 0. The first-order chi connectivity index (χ1) is 8.09. The number of aliphatic hydroxyl groups is 1. The van der Waals surface area contributed by atoms with Gasteiger partial charge in [-0.3, -0.25) is 4.79 Å². The Morgan fingerprint density at radius 2 is 2.24 bits per heavy atom. The highest BCUT2D eigenvalue weighted by molar-refractivity contribution is 5.73. The molecule has 0 radical (unpaired) electrons. The molecule has 0 heterocycles. The molecule has 2 aliphatic rings. The summed E-state index contributed by atoms with van der Waals surface area (Å²) in [5.41, 5.74) is 2.40. The highest BCUT2D eigenvalue weighted by atomic mass is 16.3. The van der Waals surface area contributed by atoms with Crippen LogP contribution in [0.25, 0.3) is 0 Å². The van der Waals surface area contributed by atoms with E-state index in [1.54, 1.807) is 0 Å². The minimum Gasteiger partial charge on any atom is -0.392 e. The van der Waals surface area contributed by atoms with Crippen LogP contribution in [0.15, 0.2) is 23.3 Å². The van der Waals surface area contributed by atoms with Gasteiger partial charge in [-0.1, -0.05) is 26.0 Å². The Balaban J connectivity index is 2.17. The van der Waals surface area contributed by atoms with Gasteiger partial charge in [-0.05, 0) is 54.1 Å². The number of rotatable bonds is 2. The molecule has 0 spiro atoms. The molecule has 0 bridgehead atoms. The summed E-state index contributed by atoms with van der Waals surface area (Å²) in [4.78, 5) is 11.0. The topological polar surface area (TPSA) is 37.3 Å². The molecule has 1 fully saturated rings. The van der Waals surface area contributed by atoms with Gasteiger partial charge in [0.2, 0.25) is 0 Å². The van der Waals surface area contributed by atoms with Gasteiger partial charge in [0.05, 0.1) is 6.61 Å². The van der Waals surface area contributed by atoms with Crippen LogP contribution in [-0.2, 0) is 4.79 Å². The molecule has 0 unspecified atom stereocenters. The van der Waals surface area contributed by atoms with E-state index in [1.807, 2.05) is 0 Å². The summed E-state index contributed by atoms with van der Waals surface area (Å²) in [5, 5.41) is 9.27. The summed E-state index contributed by atoms with van der Waals surface area (Å²) < 4.78 is 0. The number of allylic oxidation sites excluding steroid dienone is 3. The van der Waals surface area contributed by atoms with E-state index in [1.165, 1.54) is 0 Å². The van der Waals surface area contributed by atoms with Crippen LogP contribution in [-0.4, -0.2) is 18.0 Å². The summed E-state index contributed by atoms with van der Waals surface area (Å²) in [6, 6.07) is 0. The molecule has 0 aromatic carbocycles. The lowest BCUT2D eigenvalue weighted by atomic mass is 10.0. The molecule has 1 saturated carbocycles. The van der Waals surface area contributed by atoms with Crippen molar-refractivity contribution in [1.82, 2.24) is 0 Å². The summed E-state index contributed by atoms with van der Waals surface area (Å²) in [6.07, 6.45) is 9.12. The van der Waals surface area contributed by atoms with E-state index in [2.05, 4.69) is 26.0 Å². The largest absolute Gasteiger partial charge is 0.392 e. The summed E-state index contributed by atoms with van der Waals surface area (Å²) in [7, 11) is 0. The van der Waals surface area contributed by atoms with Gasteiger partial charge >= 0.3 is 0 Å². The maximum atomic E-state index is 11.0. The fraction of sp³-hybridized carbons (Fsp3) is 0.667. The molecular weight excluding hydrogens is 212 g/mol. The van der Waals surface area contributed by atoms with E-state index in [0.29, 0.717) is 17.3 Å². The molecule has 0 aliphatic heterocycles. The number of fused-ring (bicyclic) bond motifs is 1. The fourth-order valence-corrected chi connectivity index (χ4v) is 3.11. The van der Waals surface area contributed by atoms with E-state index in [-0.39, 0.29) is 6.61 Å². The molecular formula is C15H22O2. The minimum atomic E-state index is 0.165. The highest BCUT2D eigenvalue weighted by Gasteiger charge is 2.55. The molecule has 2 nitrogen and oxygen atoms in total. The third-order valence-corrected chi connectivity index (χ3v) is 4.53. The van der Waals surface area contributed by atoms with Gasteiger partial charge in [0.15, 0.2) is 0 Å². The van der Waals surface area contributed by atoms with Gasteiger partial charge in [-0.25, -0.2) is 0 Å². The molecule has 17 heavy (non-hydrogen) atoms. The number of hydrogen-bond acceptors (Lipinski definition) is 2. The molecule has 1 N–H and O–H groups in total. The van der Waals surface area contributed by atoms with E-state index in [0.717, 1.165) is 43.1 Å². The summed E-state index contributed by atoms with van der Waals surface area (Å²) in [5.74, 6) is 1.23. The Kier molecular flexibility index (Phi) is 3.53. The first-order valence-electron chi connectivity index (χ1n) is 6.54. The van der Waals surface area contributed by atoms with Crippen molar-refractivity contribution in [1.29, 1.82) is 0 Å². The second-order valence-corrected chi connectivity index (χ2v) is 5.91. The van der Waals surface area contributed by atoms with Crippen molar-refractivity contribution in [2.45, 2.75) is 39.5 Å². The third-order valence-electron chi connectivity index (χ3n) is 4.53. The average molecular weight is 234 g/mol. The Morgan fingerprint density at radius 1 is 1.47 bits per heavy atom. The number of aliphatic hydroxyl groups excluding tert-OH is 1. The molecule has 2 rings (SSSR count). The fourth-order valence-electron chi connectivity index (χ4n) is 3.11. The predicted molar refractivity (Wildman–Crippen MR) is 68.5 cm³/mol. The molecule has 2 heteroatoms. The first kappa shape index (κ1) is 12.6. The number of carbonyl (C=O) groups excluding carboxylic acids is 1. The molecule has 0 aromatic heterocycles. The molecule has 0 aromatic rings. The molecule has 2 atom stereocenters. The minimum absolute atomic E-state index is 0.165. The first-order valence-corrected chi connectivity index (χ1v) is 6.54. The van der Waals surface area contributed by atoms with Crippen LogP contribution < -0.4 is 0 Å². The lowest BCUT2D eigenvalue weighted by Gasteiger charge is -2.06. The van der Waals surface area contributed by atoms with E-state index in [9.17, 15) is 9.90 Å². The Bertz CT molecular complexity index is 363. The average Bonchev–Trinajstić information content (AvgIpc) is 2.84. The molecule has 0 saturated heterocycles. The Hall–Kier alpha value is -0.890. The lowest BCUT2D eigenvalue weighted by Crippen LogP contribution is -1.96. The standard InChI is InChI=1S/C15H22O2/c1-15(2)13-7-6-11(9-16)4-3-5-12(10-17)8-14(13)15/h4,8,10,13-14,16H,3,5-7,9H2,1-2H3/b11-4-,12-8+/t13-,14+/m1/s1. The van der Waals surface area contributed by atoms with Crippen molar-refractivity contribution >= 4 is 6.29 Å². The zero-order valence-electron chi connectivity index (χ0n) is 10.8. The van der Waals surface area contributed by atoms with Crippen LogP contribution in [0, 0.1) is 17.3 Å². The van der Waals surface area contributed by atoms with Crippen LogP contribution >= 0.6 is 0 Å². The van der Waals surface area contributed by atoms with E-state index in [4.69, 9.17) is 0 Å². The van der Waals surface area contributed by atoms with E-state index >= 15 is 0 Å². The van der Waals surface area contributed by atoms with Crippen LogP contribution in [0.1, 0.15) is 39.5 Å². The van der Waals surface area contributed by atoms with Gasteiger partial charge in [-0.2, -0.15) is 0 Å². The van der Waals surface area contributed by atoms with Gasteiger partial charge in [0.1, 0.15) is 6.29 Å². The van der Waals surface area contributed by atoms with Crippen molar-refractivity contribution in [2.75, 3.05) is 6.61 Å². The van der Waals surface area contributed by atoms with Crippen molar-refractivity contribution < 1.29 is 9.90 Å². The van der Waals surface area contributed by atoms with Crippen molar-refractivity contribution in [2.24, 2.45) is 17.3 Å². The molecule has 0 amide bonds. The quantitative estimate of drug-likeness (QED) is 0.589. The molecule has 94 valence electrons. The van der Waals surface area contributed by atoms with E-state index < -0.39 is 0 Å². The second-order valence-electron chi connectivity index (χ2n) is 5.91. The van der Waals surface area contributed by atoms with Crippen LogP contribution in [0.5, 0.6) is 0 Å². The molecule has 2 aliphatic carbocycles. The maximum absolute atomic E-state index is 11.0. The van der Waals surface area contributed by atoms with Crippen molar-refractivity contribution in [3.8, 4) is 0 Å². The monoisotopic (exact) mass is 234 g/mol. The zero-order chi connectivity index (χ0) is 12.5. The maximum Gasteiger partial charge on any atom is 0.145 e. The second kappa shape index (κ2) is 4.77. The van der Waals surface area contributed by atoms with Gasteiger partial charge < -0.3 is 5.11 Å². The SMILES string of the molecule is CC1(C)[C@@H]2CC/C(CO)=C/CC/C(C=O)=C\[C@@H]21. The highest BCUT2D eigenvalue weighted by Crippen LogP contribution is 2.61. The number of hydrogen-bond donors (Lipinski definition) is 1. The Labute approximate surface area is 103 Å². The van der Waals surface area contributed by atoms with Gasteiger partial charge in [0.25, 0.3) is 0 Å². The van der Waals surface area contributed by atoms with Gasteiger partial charge in [-0.15, -0.1) is 0 Å². The Morgan fingerprint density at radius 3 is 2.88 bits per heavy atom. The van der Waals surface area contributed by atoms with Crippen molar-refractivity contribution in [3.63, 3.8) is 0 Å². The normalized spacial score (nSPS) is 38.1. The number of carbonyl (C=O) groups is 1. The zero-order valence-corrected chi connectivity index (χ0v) is 10.8. The number of aldehydes is 1. The predicted octanol–water partition coefficient (Wildman–Crippen LogP) is 2.88. The smallest absolute Gasteiger partial charge is 0.145 e. The van der Waals surface area contributed by atoms with Gasteiger partial charge in [0, 0.05) is 0 Å². The third kappa shape index (κ3) is 2.52. The van der Waals surface area contributed by atoms with Crippen LogP contribution in [0.3, 0.4) is 0 Å². The lowest BCUT2D eigenvalue weighted by molar-refractivity contribution is -0.105.